The maximum atomic E-state index is 14.0. The van der Waals surface area contributed by atoms with Crippen LogP contribution in [0.25, 0.3) is 10.2 Å². The topological polar surface area (TPSA) is 142 Å². The first-order valence-corrected chi connectivity index (χ1v) is 14.8. The fraction of sp³-hybridized carbons (Fsp3) is 0.290. The minimum atomic E-state index is -0.580. The number of urea groups is 1. The monoisotopic (exact) mass is 621 g/mol. The lowest BCUT2D eigenvalue weighted by Crippen LogP contribution is -2.38. The van der Waals surface area contributed by atoms with Gasteiger partial charge in [-0.1, -0.05) is 6.07 Å². The van der Waals surface area contributed by atoms with E-state index in [0.717, 1.165) is 5.56 Å². The number of likely N-dealkylation sites (tertiary alicyclic amines) is 1. The van der Waals surface area contributed by atoms with Gasteiger partial charge < -0.3 is 30.5 Å². The third-order valence-corrected chi connectivity index (χ3v) is 8.21. The molecule has 44 heavy (non-hydrogen) atoms. The molecule has 230 valence electrons. The molecular weight excluding hydrogens is 589 g/mol. The first-order chi connectivity index (χ1) is 21.2. The second kappa shape index (κ2) is 13.8. The van der Waals surface area contributed by atoms with Crippen molar-refractivity contribution in [1.82, 2.24) is 15.2 Å². The van der Waals surface area contributed by atoms with Gasteiger partial charge in [0.15, 0.2) is 0 Å². The summed E-state index contributed by atoms with van der Waals surface area (Å²) in [5.41, 5.74) is 2.01. The lowest BCUT2D eigenvalue weighted by Gasteiger charge is -2.21. The van der Waals surface area contributed by atoms with Gasteiger partial charge in [-0.25, -0.2) is 9.18 Å². The van der Waals surface area contributed by atoms with Crippen LogP contribution in [0.15, 0.2) is 60.8 Å². The minimum absolute atomic E-state index is 0.0877. The Labute approximate surface area is 257 Å². The number of aromatic nitrogens is 1. The average molecular weight is 622 g/mol. The van der Waals surface area contributed by atoms with Gasteiger partial charge in [0, 0.05) is 44.0 Å². The molecule has 0 radical (unpaired) electrons. The van der Waals surface area contributed by atoms with Crippen molar-refractivity contribution in [1.29, 1.82) is 0 Å². The Bertz CT molecular complexity index is 1660. The van der Waals surface area contributed by atoms with E-state index in [1.165, 1.54) is 24.5 Å². The number of methoxy groups -OCH3 is 1. The largest absolute Gasteiger partial charge is 0.468 e. The molecule has 2 aromatic heterocycles. The van der Waals surface area contributed by atoms with Crippen LogP contribution in [-0.4, -0.2) is 71.8 Å². The number of pyridine rings is 1. The molecule has 0 aliphatic carbocycles. The Morgan fingerprint density at radius 2 is 1.91 bits per heavy atom. The number of hydrogen-bond acceptors (Lipinski definition) is 9. The van der Waals surface area contributed by atoms with Crippen molar-refractivity contribution >= 4 is 50.8 Å². The Kier molecular flexibility index (Phi) is 9.68. The predicted molar refractivity (Wildman–Crippen MR) is 165 cm³/mol. The molecule has 0 saturated carbocycles. The number of aliphatic hydroxyl groups excluding tert-OH is 1. The van der Waals surface area contributed by atoms with Gasteiger partial charge in [-0.2, -0.15) is 0 Å². The molecule has 0 bridgehead atoms. The zero-order valence-electron chi connectivity index (χ0n) is 24.1. The van der Waals surface area contributed by atoms with Gasteiger partial charge in [-0.3, -0.25) is 19.5 Å². The molecule has 4 aromatic rings. The molecule has 0 spiro atoms. The van der Waals surface area contributed by atoms with E-state index in [4.69, 9.17) is 9.47 Å². The first kappa shape index (κ1) is 30.9. The number of fused-ring (bicyclic) bond motifs is 1. The summed E-state index contributed by atoms with van der Waals surface area (Å²) in [6, 6.07) is 13.5. The lowest BCUT2D eigenvalue weighted by atomic mass is 10.2. The second-order valence-corrected chi connectivity index (χ2v) is 11.4. The van der Waals surface area contributed by atoms with Crippen LogP contribution in [-0.2, 0) is 9.53 Å². The van der Waals surface area contributed by atoms with Crippen LogP contribution in [0.4, 0.5) is 20.6 Å². The van der Waals surface area contributed by atoms with E-state index in [9.17, 15) is 23.9 Å². The fourth-order valence-electron chi connectivity index (χ4n) is 4.94. The Morgan fingerprint density at radius 1 is 1.11 bits per heavy atom. The third-order valence-electron chi connectivity index (χ3n) is 7.07. The van der Waals surface area contributed by atoms with E-state index in [-0.39, 0.29) is 17.6 Å². The van der Waals surface area contributed by atoms with E-state index in [0.29, 0.717) is 64.8 Å². The van der Waals surface area contributed by atoms with Gasteiger partial charge in [0.25, 0.3) is 5.91 Å². The molecule has 1 saturated heterocycles. The minimum Gasteiger partial charge on any atom is -0.468 e. The van der Waals surface area contributed by atoms with Crippen LogP contribution in [0.5, 0.6) is 11.5 Å². The molecule has 2 atom stereocenters. The third kappa shape index (κ3) is 7.48. The summed E-state index contributed by atoms with van der Waals surface area (Å²) in [5, 5.41) is 18.0. The highest BCUT2D eigenvalue weighted by Gasteiger charge is 2.36. The number of nitrogens with one attached hydrogen (secondary N) is 3. The predicted octanol–water partition coefficient (Wildman–Crippen LogP) is 4.91. The Balaban J connectivity index is 1.15. The summed E-state index contributed by atoms with van der Waals surface area (Å²) in [5.74, 6) is -0.113. The average Bonchev–Trinajstić information content (AvgIpc) is 3.62. The molecule has 3 amide bonds. The van der Waals surface area contributed by atoms with E-state index in [1.807, 2.05) is 4.90 Å². The molecule has 2 aromatic carbocycles. The van der Waals surface area contributed by atoms with E-state index in [1.54, 1.807) is 61.7 Å². The summed E-state index contributed by atoms with van der Waals surface area (Å²) in [7, 11) is 1.33. The van der Waals surface area contributed by atoms with Gasteiger partial charge in [0.1, 0.15) is 23.4 Å². The summed E-state index contributed by atoms with van der Waals surface area (Å²) < 4.78 is 25.6. The van der Waals surface area contributed by atoms with Gasteiger partial charge in [0.05, 0.1) is 34.0 Å². The molecular formula is C31H32FN5O6S. The summed E-state index contributed by atoms with van der Waals surface area (Å²) in [6.45, 7) is 3.12. The first-order valence-electron chi connectivity index (χ1n) is 14.0. The molecule has 3 heterocycles. The normalized spacial score (nSPS) is 16.5. The van der Waals surface area contributed by atoms with Crippen LogP contribution < -0.4 is 20.7 Å². The molecule has 13 heteroatoms. The highest BCUT2D eigenvalue weighted by Crippen LogP contribution is 2.35. The highest BCUT2D eigenvalue weighted by molar-refractivity contribution is 7.21. The van der Waals surface area contributed by atoms with Crippen molar-refractivity contribution in [3.05, 3.63) is 77.1 Å². The van der Waals surface area contributed by atoms with Gasteiger partial charge in [-0.05, 0) is 61.4 Å². The van der Waals surface area contributed by atoms with Crippen molar-refractivity contribution in [3.63, 3.8) is 0 Å². The maximum Gasteiger partial charge on any atom is 0.323 e. The molecule has 1 aliphatic rings. The van der Waals surface area contributed by atoms with Gasteiger partial charge in [0.2, 0.25) is 0 Å². The number of β-amino-alcohol motifs (C(OH)–C–C–N with tert-alkyl or cyclic N) is 1. The van der Waals surface area contributed by atoms with Crippen LogP contribution in [0.1, 0.15) is 28.1 Å². The summed E-state index contributed by atoms with van der Waals surface area (Å²) >= 11 is 1.26. The highest BCUT2D eigenvalue weighted by atomic mass is 32.1. The van der Waals surface area contributed by atoms with Crippen LogP contribution in [0.3, 0.4) is 0 Å². The van der Waals surface area contributed by atoms with Crippen molar-refractivity contribution in [2.45, 2.75) is 31.9 Å². The molecule has 0 unspecified atom stereocenters. The molecule has 1 aliphatic heterocycles. The van der Waals surface area contributed by atoms with Crippen molar-refractivity contribution < 1.29 is 33.4 Å². The lowest BCUT2D eigenvalue weighted by molar-refractivity contribution is -0.145. The number of rotatable bonds is 10. The fourth-order valence-corrected chi connectivity index (χ4v) is 5.92. The number of halogens is 1. The number of esters is 1. The standard InChI is InChI=1S/C31H32FN5O6S/c1-18-4-9-22(32)23(14-18)36-31(41)35-19-5-7-21(8-6-19)43-26-10-12-33-24-16-27(44-28(24)26)29(39)34-11-3-13-37-17-20(38)15-25(37)30(40)42-2/h4-10,12,14,16,20,25,38H,3,11,13,15,17H2,1-2H3,(H,34,39)(H2,35,36,41)/t20-,25+/m0/s1. The molecule has 11 nitrogen and oxygen atoms in total. The van der Waals surface area contributed by atoms with Crippen LogP contribution >= 0.6 is 11.3 Å². The smallest absolute Gasteiger partial charge is 0.323 e. The van der Waals surface area contributed by atoms with E-state index in [2.05, 4.69) is 20.9 Å². The SMILES string of the molecule is COC(=O)[C@H]1C[C@H](O)CN1CCCNC(=O)c1cc2nccc(Oc3ccc(NC(=O)Nc4cc(C)ccc4F)cc3)c2s1. The van der Waals surface area contributed by atoms with Gasteiger partial charge in [-0.15, -0.1) is 11.3 Å². The summed E-state index contributed by atoms with van der Waals surface area (Å²) in [6.07, 6.45) is 1.96. The number of benzene rings is 2. The van der Waals surface area contributed by atoms with E-state index >= 15 is 0 Å². The second-order valence-electron chi connectivity index (χ2n) is 10.4. The quantitative estimate of drug-likeness (QED) is 0.145. The zero-order valence-corrected chi connectivity index (χ0v) is 24.9. The number of hydrogen-bond donors (Lipinski definition) is 4. The number of aliphatic hydroxyl groups is 1. The number of ether oxygens (including phenoxy) is 2. The number of amides is 3. The van der Waals surface area contributed by atoms with Crippen LogP contribution in [0.2, 0.25) is 0 Å². The van der Waals surface area contributed by atoms with Gasteiger partial charge >= 0.3 is 12.0 Å². The number of carbonyl (C=O) groups is 3. The number of aryl methyl sites for hydroxylation is 1. The zero-order chi connectivity index (χ0) is 31.2. The number of thiophene rings is 1. The number of nitrogens with zero attached hydrogens (tertiary/aromatic N) is 2. The number of carbonyl (C=O) groups excluding carboxylic acids is 3. The maximum absolute atomic E-state index is 14.0. The molecule has 4 N–H and O–H groups in total. The molecule has 5 rings (SSSR count). The number of anilines is 2. The van der Waals surface area contributed by atoms with Crippen molar-refractivity contribution in [3.8, 4) is 11.5 Å². The van der Waals surface area contributed by atoms with Crippen molar-refractivity contribution in [2.24, 2.45) is 0 Å². The van der Waals surface area contributed by atoms with E-state index < -0.39 is 24.0 Å². The molecule has 1 fully saturated rings. The van der Waals surface area contributed by atoms with Crippen molar-refractivity contribution in [2.75, 3.05) is 37.4 Å². The van der Waals surface area contributed by atoms with Crippen LogP contribution in [0, 0.1) is 12.7 Å². The Morgan fingerprint density at radius 3 is 2.68 bits per heavy atom. The summed E-state index contributed by atoms with van der Waals surface area (Å²) in [4.78, 5) is 43.9. The Hall–Kier alpha value is -4.59.